The van der Waals surface area contributed by atoms with E-state index in [0.717, 1.165) is 5.56 Å². The third-order valence-electron chi connectivity index (χ3n) is 3.01. The number of esters is 1. The van der Waals surface area contributed by atoms with Crippen molar-refractivity contribution in [1.29, 1.82) is 0 Å². The maximum absolute atomic E-state index is 11.8. The first kappa shape index (κ1) is 16.7. The minimum absolute atomic E-state index is 0.102. The summed E-state index contributed by atoms with van der Waals surface area (Å²) in [6.07, 6.45) is 0. The van der Waals surface area contributed by atoms with Crippen molar-refractivity contribution >= 4 is 34.0 Å². The second-order valence-electron chi connectivity index (χ2n) is 4.59. The molecule has 2 aromatic rings. The number of ether oxygens (including phenoxy) is 1. The Labute approximate surface area is 137 Å². The number of hydrogen-bond acceptors (Lipinski definition) is 6. The van der Waals surface area contributed by atoms with Gasteiger partial charge in [0, 0.05) is 5.02 Å². The lowest BCUT2D eigenvalue weighted by molar-refractivity contribution is 0.0531. The van der Waals surface area contributed by atoms with Gasteiger partial charge in [-0.2, -0.15) is 0 Å². The van der Waals surface area contributed by atoms with Crippen LogP contribution >= 0.6 is 22.9 Å². The van der Waals surface area contributed by atoms with Crippen LogP contribution in [0.4, 0.5) is 5.13 Å². The van der Waals surface area contributed by atoms with Crippen LogP contribution in [-0.4, -0.2) is 29.3 Å². The summed E-state index contributed by atoms with van der Waals surface area (Å²) >= 11 is 7.08. The third kappa shape index (κ3) is 3.97. The molecule has 0 aliphatic heterocycles. The number of halogens is 1. The van der Waals surface area contributed by atoms with E-state index in [1.165, 1.54) is 11.3 Å². The maximum Gasteiger partial charge on any atom is 0.350 e. The Bertz CT molecular complexity index is 643. The lowest BCUT2D eigenvalue weighted by Crippen LogP contribution is -2.14. The van der Waals surface area contributed by atoms with E-state index in [2.05, 4.69) is 10.3 Å². The van der Waals surface area contributed by atoms with E-state index in [1.54, 1.807) is 26.0 Å². The average molecular weight is 341 g/mol. The molecule has 0 spiro atoms. The van der Waals surface area contributed by atoms with E-state index >= 15 is 0 Å². The van der Waals surface area contributed by atoms with Crippen LogP contribution in [0.5, 0.6) is 0 Å². The van der Waals surface area contributed by atoms with E-state index in [-0.39, 0.29) is 18.6 Å². The summed E-state index contributed by atoms with van der Waals surface area (Å²) in [6.45, 7) is 3.73. The van der Waals surface area contributed by atoms with Gasteiger partial charge in [0.25, 0.3) is 0 Å². The van der Waals surface area contributed by atoms with Gasteiger partial charge in [0.1, 0.15) is 4.88 Å². The number of anilines is 1. The first-order chi connectivity index (χ1) is 10.5. The molecule has 0 aliphatic rings. The summed E-state index contributed by atoms with van der Waals surface area (Å²) in [7, 11) is 0. The molecule has 0 amide bonds. The minimum Gasteiger partial charge on any atom is -0.462 e. The van der Waals surface area contributed by atoms with Gasteiger partial charge in [-0.25, -0.2) is 9.78 Å². The number of carbonyl (C=O) groups excluding carboxylic acids is 1. The van der Waals surface area contributed by atoms with Crippen molar-refractivity contribution in [3.63, 3.8) is 0 Å². The number of nitrogens with one attached hydrogen (secondary N) is 1. The summed E-state index contributed by atoms with van der Waals surface area (Å²) < 4.78 is 4.99. The fraction of sp³-hybridized carbons (Fsp3) is 0.333. The van der Waals surface area contributed by atoms with Crippen LogP contribution in [0.2, 0.25) is 5.02 Å². The summed E-state index contributed by atoms with van der Waals surface area (Å²) in [4.78, 5) is 16.6. The van der Waals surface area contributed by atoms with Gasteiger partial charge in [-0.15, -0.1) is 0 Å². The number of rotatable bonds is 6. The molecular weight excluding hydrogens is 324 g/mol. The van der Waals surface area contributed by atoms with Crippen LogP contribution in [0.15, 0.2) is 24.3 Å². The number of carbonyl (C=O) groups is 1. The molecular formula is C15H17ClN2O3S. The molecule has 0 bridgehead atoms. The summed E-state index contributed by atoms with van der Waals surface area (Å²) in [6, 6.07) is 6.88. The van der Waals surface area contributed by atoms with Crippen LogP contribution in [0.3, 0.4) is 0 Å². The van der Waals surface area contributed by atoms with Crippen molar-refractivity contribution in [1.82, 2.24) is 4.98 Å². The molecule has 0 aliphatic carbocycles. The highest BCUT2D eigenvalue weighted by atomic mass is 35.5. The average Bonchev–Trinajstić information content (AvgIpc) is 2.87. The van der Waals surface area contributed by atoms with Crippen LogP contribution in [0.1, 0.15) is 33.9 Å². The monoisotopic (exact) mass is 340 g/mol. The van der Waals surface area contributed by atoms with E-state index in [9.17, 15) is 9.90 Å². The Balaban J connectivity index is 2.16. The Morgan fingerprint density at radius 1 is 1.45 bits per heavy atom. The van der Waals surface area contributed by atoms with E-state index in [0.29, 0.717) is 27.3 Å². The summed E-state index contributed by atoms with van der Waals surface area (Å²) in [5, 5.41) is 13.9. The first-order valence-corrected chi connectivity index (χ1v) is 8.02. The van der Waals surface area contributed by atoms with Crippen molar-refractivity contribution in [2.24, 2.45) is 0 Å². The van der Waals surface area contributed by atoms with Gasteiger partial charge in [0.15, 0.2) is 5.13 Å². The van der Waals surface area contributed by atoms with Gasteiger partial charge < -0.3 is 15.2 Å². The van der Waals surface area contributed by atoms with Gasteiger partial charge in [0.05, 0.1) is 24.9 Å². The van der Waals surface area contributed by atoms with Gasteiger partial charge >= 0.3 is 5.97 Å². The molecule has 22 heavy (non-hydrogen) atoms. The molecule has 118 valence electrons. The number of benzene rings is 1. The SMILES string of the molecule is CCOC(=O)c1sc(NC(CO)c2ccc(Cl)cc2)nc1C. The van der Waals surface area contributed by atoms with Crippen LogP contribution < -0.4 is 5.32 Å². The second kappa shape index (κ2) is 7.58. The molecule has 1 aromatic heterocycles. The van der Waals surface area contributed by atoms with Crippen LogP contribution in [0.25, 0.3) is 0 Å². The smallest absolute Gasteiger partial charge is 0.350 e. The Hall–Kier alpha value is -1.63. The molecule has 0 saturated heterocycles. The van der Waals surface area contributed by atoms with E-state index in [1.807, 2.05) is 12.1 Å². The van der Waals surface area contributed by atoms with Crippen molar-refractivity contribution < 1.29 is 14.6 Å². The van der Waals surface area contributed by atoms with Crippen molar-refractivity contribution in [3.8, 4) is 0 Å². The summed E-state index contributed by atoms with van der Waals surface area (Å²) in [5.74, 6) is -0.377. The number of aryl methyl sites for hydroxylation is 1. The predicted octanol–water partition coefficient (Wildman–Crippen LogP) is 3.43. The lowest BCUT2D eigenvalue weighted by atomic mass is 10.1. The van der Waals surface area contributed by atoms with E-state index < -0.39 is 0 Å². The second-order valence-corrected chi connectivity index (χ2v) is 6.02. The number of aliphatic hydroxyl groups excluding tert-OH is 1. The topological polar surface area (TPSA) is 71.5 Å². The highest BCUT2D eigenvalue weighted by Gasteiger charge is 2.18. The van der Waals surface area contributed by atoms with Gasteiger partial charge in [0.2, 0.25) is 0 Å². The molecule has 2 N–H and O–H groups in total. The van der Waals surface area contributed by atoms with Crippen molar-refractivity contribution in [2.45, 2.75) is 19.9 Å². The molecule has 1 aromatic carbocycles. The molecule has 7 heteroatoms. The van der Waals surface area contributed by atoms with Gasteiger partial charge in [-0.3, -0.25) is 0 Å². The normalized spacial score (nSPS) is 12.0. The largest absolute Gasteiger partial charge is 0.462 e. The fourth-order valence-electron chi connectivity index (χ4n) is 1.92. The zero-order valence-electron chi connectivity index (χ0n) is 12.3. The quantitative estimate of drug-likeness (QED) is 0.788. The van der Waals surface area contributed by atoms with Crippen molar-refractivity contribution in [2.75, 3.05) is 18.5 Å². The lowest BCUT2D eigenvalue weighted by Gasteiger charge is -2.15. The number of aliphatic hydroxyl groups is 1. The standard InChI is InChI=1S/C15H17ClN2O3S/c1-3-21-14(20)13-9(2)17-15(22-13)18-12(8-19)10-4-6-11(16)7-5-10/h4-7,12,19H,3,8H2,1-2H3,(H,17,18). The summed E-state index contributed by atoms with van der Waals surface area (Å²) in [5.41, 5.74) is 1.50. The molecule has 1 atom stereocenters. The maximum atomic E-state index is 11.8. The van der Waals surface area contributed by atoms with Crippen LogP contribution in [-0.2, 0) is 4.74 Å². The Morgan fingerprint density at radius 2 is 2.14 bits per heavy atom. The Morgan fingerprint density at radius 3 is 2.73 bits per heavy atom. The third-order valence-corrected chi connectivity index (χ3v) is 4.33. The molecule has 1 unspecified atom stereocenters. The molecule has 0 saturated carbocycles. The number of aromatic nitrogens is 1. The Kier molecular flexibility index (Phi) is 5.76. The highest BCUT2D eigenvalue weighted by molar-refractivity contribution is 7.17. The minimum atomic E-state index is -0.377. The highest BCUT2D eigenvalue weighted by Crippen LogP contribution is 2.27. The zero-order valence-corrected chi connectivity index (χ0v) is 13.9. The number of hydrogen-bond donors (Lipinski definition) is 2. The molecule has 0 radical (unpaired) electrons. The zero-order chi connectivity index (χ0) is 16.1. The molecule has 1 heterocycles. The first-order valence-electron chi connectivity index (χ1n) is 6.82. The predicted molar refractivity (Wildman–Crippen MR) is 87.7 cm³/mol. The van der Waals surface area contributed by atoms with Gasteiger partial charge in [-0.1, -0.05) is 35.1 Å². The van der Waals surface area contributed by atoms with E-state index in [4.69, 9.17) is 16.3 Å². The van der Waals surface area contributed by atoms with Gasteiger partial charge in [-0.05, 0) is 31.5 Å². The van der Waals surface area contributed by atoms with Crippen molar-refractivity contribution in [3.05, 3.63) is 45.4 Å². The molecule has 2 rings (SSSR count). The fourth-order valence-corrected chi connectivity index (χ4v) is 2.96. The number of nitrogens with zero attached hydrogens (tertiary/aromatic N) is 1. The molecule has 0 fully saturated rings. The molecule has 5 nitrogen and oxygen atoms in total. The van der Waals surface area contributed by atoms with Crippen LogP contribution in [0, 0.1) is 6.92 Å². The number of thiazole rings is 1.